The lowest BCUT2D eigenvalue weighted by Crippen LogP contribution is -2.20. The van der Waals surface area contributed by atoms with E-state index in [4.69, 9.17) is 0 Å². The monoisotopic (exact) mass is 416 g/mol. The molecular weight excluding hydrogens is 401 g/mol. The molecule has 0 bridgehead atoms. The third-order valence-electron chi connectivity index (χ3n) is 4.38. The summed E-state index contributed by atoms with van der Waals surface area (Å²) in [5, 5.41) is 9.89. The number of carbonyl (C=O) groups is 1. The van der Waals surface area contributed by atoms with Crippen LogP contribution in [0.2, 0.25) is 0 Å². The molecule has 0 saturated carbocycles. The summed E-state index contributed by atoms with van der Waals surface area (Å²) in [5.41, 5.74) is 1.84. The molecule has 0 aliphatic heterocycles. The highest BCUT2D eigenvalue weighted by atomic mass is 32.1. The Morgan fingerprint density at radius 3 is 2.59 bits per heavy atom. The predicted molar refractivity (Wildman–Crippen MR) is 106 cm³/mol. The first-order valence-electron chi connectivity index (χ1n) is 8.66. The maximum atomic E-state index is 12.6. The van der Waals surface area contributed by atoms with E-state index in [2.05, 4.69) is 15.4 Å². The van der Waals surface area contributed by atoms with Crippen molar-refractivity contribution in [3.05, 3.63) is 65.3 Å². The van der Waals surface area contributed by atoms with Crippen molar-refractivity contribution in [3.63, 3.8) is 0 Å². The minimum absolute atomic E-state index is 0.105. The van der Waals surface area contributed by atoms with Crippen LogP contribution in [0.3, 0.4) is 0 Å². The van der Waals surface area contributed by atoms with E-state index >= 15 is 0 Å². The van der Waals surface area contributed by atoms with E-state index in [1.54, 1.807) is 17.5 Å². The molecule has 4 aromatic rings. The van der Waals surface area contributed by atoms with Gasteiger partial charge in [-0.15, -0.1) is 11.3 Å². The molecule has 0 spiro atoms. The van der Waals surface area contributed by atoms with Crippen molar-refractivity contribution < 1.29 is 18.0 Å². The summed E-state index contributed by atoms with van der Waals surface area (Å²) in [4.78, 5) is 17.9. The van der Waals surface area contributed by atoms with E-state index in [1.807, 2.05) is 30.5 Å². The number of amides is 1. The second kappa shape index (κ2) is 7.32. The minimum atomic E-state index is -4.42. The normalized spacial score (nSPS) is 11.7. The predicted octanol–water partition coefficient (Wildman–Crippen LogP) is 5.13. The van der Waals surface area contributed by atoms with Gasteiger partial charge in [-0.3, -0.25) is 4.79 Å². The Labute approximate surface area is 167 Å². The number of halogens is 3. The van der Waals surface area contributed by atoms with Crippen molar-refractivity contribution in [1.29, 1.82) is 0 Å². The van der Waals surface area contributed by atoms with Crippen LogP contribution in [-0.2, 0) is 17.5 Å². The van der Waals surface area contributed by atoms with Crippen LogP contribution in [0.25, 0.3) is 21.5 Å². The van der Waals surface area contributed by atoms with Crippen LogP contribution in [0.15, 0.2) is 54.0 Å². The highest BCUT2D eigenvalue weighted by Crippen LogP contribution is 2.33. The van der Waals surface area contributed by atoms with Gasteiger partial charge in [0.15, 0.2) is 5.65 Å². The number of rotatable bonds is 4. The van der Waals surface area contributed by atoms with Crippen LogP contribution in [-0.4, -0.2) is 20.7 Å². The van der Waals surface area contributed by atoms with Gasteiger partial charge in [0.1, 0.15) is 6.54 Å². The number of carbonyl (C=O) groups excluding carboxylic acids is 1. The van der Waals surface area contributed by atoms with E-state index in [-0.39, 0.29) is 12.2 Å². The van der Waals surface area contributed by atoms with Crippen molar-refractivity contribution in [2.45, 2.75) is 19.6 Å². The summed E-state index contributed by atoms with van der Waals surface area (Å²) in [6, 6.07) is 10.2. The Kier molecular flexibility index (Phi) is 4.83. The number of pyridine rings is 1. The zero-order valence-electron chi connectivity index (χ0n) is 15.2. The Bertz CT molecular complexity index is 1170. The molecule has 0 aliphatic rings. The van der Waals surface area contributed by atoms with Crippen molar-refractivity contribution >= 4 is 34.0 Å². The molecule has 1 amide bonds. The first-order chi connectivity index (χ1) is 13.8. The van der Waals surface area contributed by atoms with E-state index in [1.165, 1.54) is 16.8 Å². The van der Waals surface area contributed by atoms with Crippen LogP contribution in [0.5, 0.6) is 0 Å². The Morgan fingerprint density at radius 1 is 1.17 bits per heavy atom. The van der Waals surface area contributed by atoms with Crippen LogP contribution in [0, 0.1) is 6.92 Å². The SMILES string of the molecule is Cc1nn(CC(=O)Nc2ccc(C(F)(F)F)cc2)c2nccc(-c3cccs3)c12. The van der Waals surface area contributed by atoms with Gasteiger partial charge in [-0.05, 0) is 48.7 Å². The van der Waals surface area contributed by atoms with Gasteiger partial charge in [-0.2, -0.15) is 18.3 Å². The van der Waals surface area contributed by atoms with Crippen molar-refractivity contribution in [1.82, 2.24) is 14.8 Å². The number of thiophene rings is 1. The number of fused-ring (bicyclic) bond motifs is 1. The number of anilines is 1. The smallest absolute Gasteiger partial charge is 0.324 e. The third kappa shape index (κ3) is 3.86. The zero-order valence-corrected chi connectivity index (χ0v) is 16.0. The van der Waals surface area contributed by atoms with Crippen LogP contribution in [0.4, 0.5) is 18.9 Å². The number of alkyl halides is 3. The summed E-state index contributed by atoms with van der Waals surface area (Å²) in [6.45, 7) is 1.75. The number of aryl methyl sites for hydroxylation is 1. The molecule has 0 fully saturated rings. The first-order valence-corrected chi connectivity index (χ1v) is 9.54. The van der Waals surface area contributed by atoms with Crippen molar-refractivity contribution in [2.24, 2.45) is 0 Å². The summed E-state index contributed by atoms with van der Waals surface area (Å²) >= 11 is 1.60. The molecule has 0 unspecified atom stereocenters. The third-order valence-corrected chi connectivity index (χ3v) is 5.29. The molecule has 0 saturated heterocycles. The average Bonchev–Trinajstić information content (AvgIpc) is 3.30. The van der Waals surface area contributed by atoms with Gasteiger partial charge >= 0.3 is 6.18 Å². The number of hydrogen-bond donors (Lipinski definition) is 1. The lowest BCUT2D eigenvalue weighted by Gasteiger charge is -2.09. The molecule has 29 heavy (non-hydrogen) atoms. The lowest BCUT2D eigenvalue weighted by molar-refractivity contribution is -0.137. The fourth-order valence-corrected chi connectivity index (χ4v) is 3.87. The number of hydrogen-bond acceptors (Lipinski definition) is 4. The fraction of sp³-hybridized carbons (Fsp3) is 0.150. The average molecular weight is 416 g/mol. The summed E-state index contributed by atoms with van der Waals surface area (Å²) in [6.07, 6.45) is -2.75. The molecule has 148 valence electrons. The highest BCUT2D eigenvalue weighted by molar-refractivity contribution is 7.13. The molecule has 3 aromatic heterocycles. The van der Waals surface area contributed by atoms with Gasteiger partial charge in [-0.25, -0.2) is 9.67 Å². The van der Waals surface area contributed by atoms with Gasteiger partial charge in [-0.1, -0.05) is 6.07 Å². The lowest BCUT2D eigenvalue weighted by atomic mass is 10.1. The van der Waals surface area contributed by atoms with E-state index in [9.17, 15) is 18.0 Å². The molecule has 3 heterocycles. The second-order valence-corrected chi connectivity index (χ2v) is 7.35. The molecule has 1 aromatic carbocycles. The zero-order chi connectivity index (χ0) is 20.6. The summed E-state index contributed by atoms with van der Waals surface area (Å²) in [7, 11) is 0. The van der Waals surface area contributed by atoms with Crippen molar-refractivity contribution in [2.75, 3.05) is 5.32 Å². The van der Waals surface area contributed by atoms with Gasteiger partial charge in [0.2, 0.25) is 5.91 Å². The molecule has 1 N–H and O–H groups in total. The number of aromatic nitrogens is 3. The van der Waals surface area contributed by atoms with E-state index in [0.717, 1.165) is 33.7 Å². The highest BCUT2D eigenvalue weighted by Gasteiger charge is 2.30. The molecule has 0 atom stereocenters. The fourth-order valence-electron chi connectivity index (χ4n) is 3.11. The van der Waals surface area contributed by atoms with Crippen LogP contribution < -0.4 is 5.32 Å². The Morgan fingerprint density at radius 2 is 1.93 bits per heavy atom. The van der Waals surface area contributed by atoms with Gasteiger partial charge < -0.3 is 5.32 Å². The number of nitrogens with one attached hydrogen (secondary N) is 1. The van der Waals surface area contributed by atoms with Gasteiger partial charge in [0.25, 0.3) is 0 Å². The summed E-state index contributed by atoms with van der Waals surface area (Å²) < 4.78 is 39.5. The molecule has 0 radical (unpaired) electrons. The molecular formula is C20H15F3N4OS. The van der Waals surface area contributed by atoms with E-state index < -0.39 is 17.6 Å². The van der Waals surface area contributed by atoms with Gasteiger partial charge in [0.05, 0.1) is 16.6 Å². The molecule has 5 nitrogen and oxygen atoms in total. The van der Waals surface area contributed by atoms with Crippen LogP contribution in [0.1, 0.15) is 11.3 Å². The first kappa shape index (κ1) is 19.1. The quantitative estimate of drug-likeness (QED) is 0.502. The Hall–Kier alpha value is -3.20. The maximum Gasteiger partial charge on any atom is 0.416 e. The van der Waals surface area contributed by atoms with Crippen LogP contribution >= 0.6 is 11.3 Å². The Balaban J connectivity index is 1.57. The largest absolute Gasteiger partial charge is 0.416 e. The second-order valence-electron chi connectivity index (χ2n) is 6.40. The topological polar surface area (TPSA) is 59.8 Å². The van der Waals surface area contributed by atoms with Crippen molar-refractivity contribution in [3.8, 4) is 10.4 Å². The molecule has 4 rings (SSSR count). The maximum absolute atomic E-state index is 12.6. The minimum Gasteiger partial charge on any atom is -0.324 e. The van der Waals surface area contributed by atoms with E-state index in [0.29, 0.717) is 5.65 Å². The number of nitrogens with zero attached hydrogens (tertiary/aromatic N) is 3. The summed E-state index contributed by atoms with van der Waals surface area (Å²) in [5.74, 6) is -0.405. The molecule has 9 heteroatoms. The number of benzene rings is 1. The van der Waals surface area contributed by atoms with Gasteiger partial charge in [0, 0.05) is 22.3 Å². The standard InChI is InChI=1S/C20H15F3N4OS/c1-12-18-15(16-3-2-10-29-16)8-9-24-19(18)27(26-12)11-17(28)25-14-6-4-13(5-7-14)20(21,22)23/h2-10H,11H2,1H3,(H,25,28). The molecule has 0 aliphatic carbocycles.